The highest BCUT2D eigenvalue weighted by molar-refractivity contribution is 5.75. The van der Waals surface area contributed by atoms with Gasteiger partial charge in [-0.1, -0.05) is 0 Å². The van der Waals surface area contributed by atoms with Crippen molar-refractivity contribution in [2.24, 2.45) is 0 Å². The summed E-state index contributed by atoms with van der Waals surface area (Å²) in [5, 5.41) is 2.95. The molecule has 0 amide bonds. The molecule has 1 rings (SSSR count). The predicted molar refractivity (Wildman–Crippen MR) is 62.9 cm³/mol. The van der Waals surface area contributed by atoms with E-state index in [0.29, 0.717) is 6.54 Å². The SMILES string of the molecule is CNC(CN1CC(OC)C(OC)C1)C(=O)OC. The van der Waals surface area contributed by atoms with Crippen molar-refractivity contribution in [2.75, 3.05) is 48.0 Å². The van der Waals surface area contributed by atoms with Crippen LogP contribution < -0.4 is 5.32 Å². The molecule has 1 saturated heterocycles. The van der Waals surface area contributed by atoms with Gasteiger partial charge in [0, 0.05) is 33.9 Å². The van der Waals surface area contributed by atoms with Crippen LogP contribution in [0.4, 0.5) is 0 Å². The average molecular weight is 246 g/mol. The third-order valence-electron chi connectivity index (χ3n) is 3.17. The van der Waals surface area contributed by atoms with Crippen molar-refractivity contribution in [1.29, 1.82) is 0 Å². The number of rotatable bonds is 6. The van der Waals surface area contributed by atoms with Crippen LogP contribution in [0.25, 0.3) is 0 Å². The molecule has 17 heavy (non-hydrogen) atoms. The van der Waals surface area contributed by atoms with Crippen molar-refractivity contribution in [3.63, 3.8) is 0 Å². The lowest BCUT2D eigenvalue weighted by Crippen LogP contribution is -2.45. The first-order valence-electron chi connectivity index (χ1n) is 5.69. The first-order valence-corrected chi connectivity index (χ1v) is 5.69. The fraction of sp³-hybridized carbons (Fsp3) is 0.909. The standard InChI is InChI=1S/C11H22N2O4/c1-12-8(11(14)17-4)5-13-6-9(15-2)10(7-13)16-3/h8-10,12H,5-7H2,1-4H3. The maximum atomic E-state index is 11.5. The number of hydrogen-bond donors (Lipinski definition) is 1. The predicted octanol–water partition coefficient (Wildman–Crippen LogP) is -0.907. The maximum Gasteiger partial charge on any atom is 0.324 e. The van der Waals surface area contributed by atoms with Crippen LogP contribution in [0.15, 0.2) is 0 Å². The first-order chi connectivity index (χ1) is 8.15. The summed E-state index contributed by atoms with van der Waals surface area (Å²) in [6.07, 6.45) is 0.130. The van der Waals surface area contributed by atoms with E-state index in [1.54, 1.807) is 21.3 Å². The van der Waals surface area contributed by atoms with Crippen LogP contribution in [0, 0.1) is 0 Å². The molecular formula is C11H22N2O4. The van der Waals surface area contributed by atoms with Crippen molar-refractivity contribution in [3.05, 3.63) is 0 Å². The Labute approximate surface area is 102 Å². The number of nitrogens with one attached hydrogen (secondary N) is 1. The van der Waals surface area contributed by atoms with Crippen molar-refractivity contribution in [3.8, 4) is 0 Å². The zero-order valence-electron chi connectivity index (χ0n) is 10.9. The first kappa shape index (κ1) is 14.4. The summed E-state index contributed by atoms with van der Waals surface area (Å²) in [6, 6.07) is -0.312. The van der Waals surface area contributed by atoms with Gasteiger partial charge in [-0.25, -0.2) is 0 Å². The smallest absolute Gasteiger partial charge is 0.324 e. The van der Waals surface area contributed by atoms with E-state index in [9.17, 15) is 4.79 Å². The zero-order chi connectivity index (χ0) is 12.8. The minimum Gasteiger partial charge on any atom is -0.468 e. The van der Waals surface area contributed by atoms with E-state index in [1.807, 2.05) is 0 Å². The van der Waals surface area contributed by atoms with Gasteiger partial charge in [0.2, 0.25) is 0 Å². The molecule has 0 aliphatic carbocycles. The molecule has 6 heteroatoms. The minimum atomic E-state index is -0.312. The number of methoxy groups -OCH3 is 3. The highest BCUT2D eigenvalue weighted by atomic mass is 16.5. The fourth-order valence-electron chi connectivity index (χ4n) is 2.10. The van der Waals surface area contributed by atoms with Crippen LogP contribution in [0.2, 0.25) is 0 Å². The number of likely N-dealkylation sites (N-methyl/N-ethyl adjacent to an activating group) is 1. The quantitative estimate of drug-likeness (QED) is 0.613. The number of esters is 1. The number of carbonyl (C=O) groups is 1. The van der Waals surface area contributed by atoms with Crippen LogP contribution in [0.1, 0.15) is 0 Å². The molecular weight excluding hydrogens is 224 g/mol. The van der Waals surface area contributed by atoms with Crippen LogP contribution in [0.3, 0.4) is 0 Å². The lowest BCUT2D eigenvalue weighted by molar-refractivity contribution is -0.143. The summed E-state index contributed by atoms with van der Waals surface area (Å²) >= 11 is 0. The van der Waals surface area contributed by atoms with Gasteiger partial charge in [0.1, 0.15) is 6.04 Å². The Morgan fingerprint density at radius 1 is 1.29 bits per heavy atom. The molecule has 0 radical (unpaired) electrons. The zero-order valence-corrected chi connectivity index (χ0v) is 10.9. The van der Waals surface area contributed by atoms with Crippen LogP contribution >= 0.6 is 0 Å². The van der Waals surface area contributed by atoms with E-state index < -0.39 is 0 Å². The van der Waals surface area contributed by atoms with Crippen LogP contribution in [-0.4, -0.2) is 77.1 Å². The van der Waals surface area contributed by atoms with Crippen LogP contribution in [0.5, 0.6) is 0 Å². The molecule has 0 bridgehead atoms. The molecule has 1 aliphatic rings. The van der Waals surface area contributed by atoms with Crippen molar-refractivity contribution in [2.45, 2.75) is 18.2 Å². The van der Waals surface area contributed by atoms with Gasteiger partial charge in [-0.05, 0) is 7.05 Å². The third-order valence-corrected chi connectivity index (χ3v) is 3.17. The number of likely N-dealkylation sites (tertiary alicyclic amines) is 1. The van der Waals surface area contributed by atoms with Gasteiger partial charge >= 0.3 is 5.97 Å². The number of hydrogen-bond acceptors (Lipinski definition) is 6. The van der Waals surface area contributed by atoms with Gasteiger partial charge in [-0.15, -0.1) is 0 Å². The molecule has 1 heterocycles. The van der Waals surface area contributed by atoms with Gasteiger partial charge in [0.25, 0.3) is 0 Å². The topological polar surface area (TPSA) is 60.0 Å². The Bertz CT molecular complexity index is 238. The summed E-state index contributed by atoms with van der Waals surface area (Å²) in [5.74, 6) is -0.248. The Kier molecular flexibility index (Phi) is 5.84. The van der Waals surface area contributed by atoms with E-state index in [0.717, 1.165) is 13.1 Å². The summed E-state index contributed by atoms with van der Waals surface area (Å²) < 4.78 is 15.4. The van der Waals surface area contributed by atoms with E-state index in [1.165, 1.54) is 7.11 Å². The molecule has 0 aromatic heterocycles. The summed E-state index contributed by atoms with van der Waals surface area (Å²) in [6.45, 7) is 2.14. The molecule has 0 aromatic carbocycles. The van der Waals surface area contributed by atoms with Gasteiger partial charge in [-0.3, -0.25) is 9.69 Å². The number of ether oxygens (including phenoxy) is 3. The molecule has 1 fully saturated rings. The summed E-state index contributed by atoms with van der Waals surface area (Å²) in [5.41, 5.74) is 0. The maximum absolute atomic E-state index is 11.5. The number of carbonyl (C=O) groups excluding carboxylic acids is 1. The largest absolute Gasteiger partial charge is 0.468 e. The highest BCUT2D eigenvalue weighted by Gasteiger charge is 2.34. The molecule has 100 valence electrons. The van der Waals surface area contributed by atoms with Gasteiger partial charge in [-0.2, -0.15) is 0 Å². The Hall–Kier alpha value is -0.690. The normalized spacial score (nSPS) is 27.1. The van der Waals surface area contributed by atoms with E-state index in [4.69, 9.17) is 14.2 Å². The second-order valence-corrected chi connectivity index (χ2v) is 4.13. The second kappa shape index (κ2) is 6.90. The average Bonchev–Trinajstić information content (AvgIpc) is 2.77. The van der Waals surface area contributed by atoms with E-state index in [2.05, 4.69) is 10.2 Å². The molecule has 0 aromatic rings. The second-order valence-electron chi connectivity index (χ2n) is 4.13. The minimum absolute atomic E-state index is 0.0650. The number of nitrogens with zero attached hydrogens (tertiary/aromatic N) is 1. The van der Waals surface area contributed by atoms with Crippen molar-refractivity contribution >= 4 is 5.97 Å². The molecule has 6 nitrogen and oxygen atoms in total. The lowest BCUT2D eigenvalue weighted by Gasteiger charge is -2.21. The molecule has 1 aliphatic heterocycles. The molecule has 3 atom stereocenters. The summed E-state index contributed by atoms with van der Waals surface area (Å²) in [4.78, 5) is 13.6. The third kappa shape index (κ3) is 3.64. The molecule has 3 unspecified atom stereocenters. The van der Waals surface area contributed by atoms with Gasteiger partial charge < -0.3 is 19.5 Å². The molecule has 0 spiro atoms. The highest BCUT2D eigenvalue weighted by Crippen LogP contribution is 2.15. The van der Waals surface area contributed by atoms with E-state index >= 15 is 0 Å². The fourth-order valence-corrected chi connectivity index (χ4v) is 2.10. The van der Waals surface area contributed by atoms with Crippen molar-refractivity contribution < 1.29 is 19.0 Å². The lowest BCUT2D eigenvalue weighted by atomic mass is 10.3. The van der Waals surface area contributed by atoms with Gasteiger partial charge in [0.15, 0.2) is 0 Å². The van der Waals surface area contributed by atoms with Gasteiger partial charge in [0.05, 0.1) is 19.3 Å². The Morgan fingerprint density at radius 3 is 2.18 bits per heavy atom. The Morgan fingerprint density at radius 2 is 1.82 bits per heavy atom. The monoisotopic (exact) mass is 246 g/mol. The summed E-state index contributed by atoms with van der Waals surface area (Å²) in [7, 11) is 6.50. The van der Waals surface area contributed by atoms with E-state index in [-0.39, 0.29) is 24.2 Å². The van der Waals surface area contributed by atoms with Crippen molar-refractivity contribution in [1.82, 2.24) is 10.2 Å². The Balaban J connectivity index is 2.49. The molecule has 0 saturated carbocycles. The molecule has 1 N–H and O–H groups in total. The van der Waals surface area contributed by atoms with Crippen LogP contribution in [-0.2, 0) is 19.0 Å².